The quantitative estimate of drug-likeness (QED) is 0.402. The molecule has 0 fully saturated rings. The predicted octanol–water partition coefficient (Wildman–Crippen LogP) is 6.23. The number of hydrogen-bond donors (Lipinski definition) is 2. The lowest BCUT2D eigenvalue weighted by atomic mass is 10.1. The Bertz CT molecular complexity index is 1060. The fourth-order valence-electron chi connectivity index (χ4n) is 3.35. The highest BCUT2D eigenvalue weighted by Gasteiger charge is 2.15. The molecule has 0 aliphatic carbocycles. The van der Waals surface area contributed by atoms with E-state index in [1.807, 2.05) is 60.7 Å². The molecule has 4 aromatic rings. The standard InChI is InChI=1S/C21H17Cl3N2O/c22-13-5-7-20-16(9-13)17-10-14(23)6-8-21(17)26(20)12-15(27)11-25-19-4-2-1-3-18(19)24/h1-10,15,25,27H,11-12H2/t15-/m1/s1. The van der Waals surface area contributed by atoms with Gasteiger partial charge in [-0.05, 0) is 48.5 Å². The topological polar surface area (TPSA) is 37.2 Å². The first-order chi connectivity index (χ1) is 13.0. The van der Waals surface area contributed by atoms with E-state index in [1.54, 1.807) is 0 Å². The fourth-order valence-corrected chi connectivity index (χ4v) is 3.90. The molecular weight excluding hydrogens is 403 g/mol. The first-order valence-corrected chi connectivity index (χ1v) is 9.70. The monoisotopic (exact) mass is 418 g/mol. The maximum Gasteiger partial charge on any atom is 0.0891 e. The first kappa shape index (κ1) is 18.5. The van der Waals surface area contributed by atoms with Crippen molar-refractivity contribution in [2.75, 3.05) is 11.9 Å². The Kier molecular flexibility index (Phi) is 5.20. The van der Waals surface area contributed by atoms with Crippen LogP contribution in [0.25, 0.3) is 21.8 Å². The van der Waals surface area contributed by atoms with E-state index in [2.05, 4.69) is 9.88 Å². The van der Waals surface area contributed by atoms with Crippen molar-refractivity contribution < 1.29 is 5.11 Å². The van der Waals surface area contributed by atoms with E-state index in [0.29, 0.717) is 28.2 Å². The van der Waals surface area contributed by atoms with Crippen molar-refractivity contribution in [3.05, 3.63) is 75.7 Å². The Balaban J connectivity index is 1.65. The maximum atomic E-state index is 10.6. The van der Waals surface area contributed by atoms with Crippen LogP contribution >= 0.6 is 34.8 Å². The van der Waals surface area contributed by atoms with Crippen molar-refractivity contribution in [3.8, 4) is 0 Å². The normalized spacial score (nSPS) is 12.6. The first-order valence-electron chi connectivity index (χ1n) is 8.56. The molecule has 1 atom stereocenters. The number of benzene rings is 3. The zero-order chi connectivity index (χ0) is 19.0. The number of rotatable bonds is 5. The van der Waals surface area contributed by atoms with Crippen LogP contribution < -0.4 is 5.32 Å². The van der Waals surface area contributed by atoms with Crippen molar-refractivity contribution in [1.29, 1.82) is 0 Å². The Morgan fingerprint density at radius 3 is 2.04 bits per heavy atom. The lowest BCUT2D eigenvalue weighted by Gasteiger charge is -2.16. The van der Waals surface area contributed by atoms with Crippen molar-refractivity contribution in [1.82, 2.24) is 4.57 Å². The lowest BCUT2D eigenvalue weighted by molar-refractivity contribution is 0.169. The van der Waals surface area contributed by atoms with Crippen molar-refractivity contribution >= 4 is 62.3 Å². The van der Waals surface area contributed by atoms with Gasteiger partial charge in [0.1, 0.15) is 0 Å². The molecule has 2 N–H and O–H groups in total. The smallest absolute Gasteiger partial charge is 0.0891 e. The second-order valence-electron chi connectivity index (χ2n) is 6.45. The van der Waals surface area contributed by atoms with Crippen LogP contribution in [0.3, 0.4) is 0 Å². The van der Waals surface area contributed by atoms with Gasteiger partial charge < -0.3 is 15.0 Å². The molecule has 0 amide bonds. The number of aliphatic hydroxyl groups is 1. The van der Waals surface area contributed by atoms with E-state index in [-0.39, 0.29) is 0 Å². The number of fused-ring (bicyclic) bond motifs is 3. The van der Waals surface area contributed by atoms with E-state index in [4.69, 9.17) is 34.8 Å². The minimum absolute atomic E-state index is 0.381. The average molecular weight is 420 g/mol. The third-order valence-electron chi connectivity index (χ3n) is 4.58. The molecule has 3 nitrogen and oxygen atoms in total. The van der Waals surface area contributed by atoms with Gasteiger partial charge >= 0.3 is 0 Å². The molecule has 0 unspecified atom stereocenters. The van der Waals surface area contributed by atoms with Gasteiger partial charge in [-0.1, -0.05) is 46.9 Å². The van der Waals surface area contributed by atoms with E-state index in [1.165, 1.54) is 0 Å². The minimum Gasteiger partial charge on any atom is -0.389 e. The molecule has 0 radical (unpaired) electrons. The third-order valence-corrected chi connectivity index (χ3v) is 5.38. The molecule has 138 valence electrons. The Hall–Kier alpha value is -1.91. The van der Waals surface area contributed by atoms with E-state index in [9.17, 15) is 5.11 Å². The molecule has 0 bridgehead atoms. The highest BCUT2D eigenvalue weighted by atomic mass is 35.5. The van der Waals surface area contributed by atoms with Crippen LogP contribution in [0.5, 0.6) is 0 Å². The minimum atomic E-state index is -0.605. The van der Waals surface area contributed by atoms with Gasteiger partial charge in [0, 0.05) is 38.4 Å². The molecule has 27 heavy (non-hydrogen) atoms. The largest absolute Gasteiger partial charge is 0.389 e. The van der Waals surface area contributed by atoms with Crippen LogP contribution in [0.2, 0.25) is 15.1 Å². The van der Waals surface area contributed by atoms with Crippen LogP contribution in [0.1, 0.15) is 0 Å². The number of hydrogen-bond acceptors (Lipinski definition) is 2. The van der Waals surface area contributed by atoms with Crippen LogP contribution in [0.15, 0.2) is 60.7 Å². The Morgan fingerprint density at radius 2 is 1.44 bits per heavy atom. The highest BCUT2D eigenvalue weighted by Crippen LogP contribution is 2.33. The number of nitrogens with zero attached hydrogens (tertiary/aromatic N) is 1. The number of halogens is 3. The van der Waals surface area contributed by atoms with Gasteiger partial charge in [0.2, 0.25) is 0 Å². The van der Waals surface area contributed by atoms with Gasteiger partial charge in [-0.15, -0.1) is 0 Å². The van der Waals surface area contributed by atoms with Gasteiger partial charge in [0.05, 0.1) is 23.4 Å². The molecule has 6 heteroatoms. The summed E-state index contributed by atoms with van der Waals surface area (Å²) in [6.45, 7) is 0.812. The summed E-state index contributed by atoms with van der Waals surface area (Å²) in [5.74, 6) is 0. The molecule has 4 rings (SSSR count). The van der Waals surface area contributed by atoms with Gasteiger partial charge in [-0.25, -0.2) is 0 Å². The summed E-state index contributed by atoms with van der Waals surface area (Å²) >= 11 is 18.5. The van der Waals surface area contributed by atoms with E-state index < -0.39 is 6.10 Å². The van der Waals surface area contributed by atoms with Crippen molar-refractivity contribution in [2.45, 2.75) is 12.6 Å². The number of para-hydroxylation sites is 1. The lowest BCUT2D eigenvalue weighted by Crippen LogP contribution is -2.24. The number of aromatic nitrogens is 1. The molecule has 1 heterocycles. The summed E-state index contributed by atoms with van der Waals surface area (Å²) in [6, 6.07) is 19.0. The SMILES string of the molecule is O[C@H](CNc1ccccc1Cl)Cn1c2ccc(Cl)cc2c2cc(Cl)ccc21. The molecular formula is C21H17Cl3N2O. The van der Waals surface area contributed by atoms with E-state index >= 15 is 0 Å². The van der Waals surface area contributed by atoms with E-state index in [0.717, 1.165) is 27.5 Å². The van der Waals surface area contributed by atoms with Crippen LogP contribution in [0, 0.1) is 0 Å². The summed E-state index contributed by atoms with van der Waals surface area (Å²) in [7, 11) is 0. The molecule has 0 saturated heterocycles. The fraction of sp³-hybridized carbons (Fsp3) is 0.143. The highest BCUT2D eigenvalue weighted by molar-refractivity contribution is 6.33. The van der Waals surface area contributed by atoms with Crippen LogP contribution in [0.4, 0.5) is 5.69 Å². The summed E-state index contributed by atoms with van der Waals surface area (Å²) in [4.78, 5) is 0. The van der Waals surface area contributed by atoms with Crippen molar-refractivity contribution in [2.24, 2.45) is 0 Å². The summed E-state index contributed by atoms with van der Waals surface area (Å²) in [5.41, 5.74) is 2.82. The predicted molar refractivity (Wildman–Crippen MR) is 115 cm³/mol. The summed E-state index contributed by atoms with van der Waals surface area (Å²) in [6.07, 6.45) is -0.605. The summed E-state index contributed by atoms with van der Waals surface area (Å²) in [5, 5.41) is 17.8. The van der Waals surface area contributed by atoms with Crippen molar-refractivity contribution in [3.63, 3.8) is 0 Å². The maximum absolute atomic E-state index is 10.6. The van der Waals surface area contributed by atoms with Gasteiger partial charge in [0.25, 0.3) is 0 Å². The molecule has 1 aromatic heterocycles. The van der Waals surface area contributed by atoms with Crippen LogP contribution in [-0.2, 0) is 6.54 Å². The second-order valence-corrected chi connectivity index (χ2v) is 7.73. The molecule has 0 aliphatic heterocycles. The van der Waals surface area contributed by atoms with Gasteiger partial charge in [0.15, 0.2) is 0 Å². The zero-order valence-electron chi connectivity index (χ0n) is 14.3. The Labute approximate surface area is 172 Å². The second kappa shape index (κ2) is 7.61. The number of aliphatic hydroxyl groups excluding tert-OH is 1. The molecule has 3 aromatic carbocycles. The zero-order valence-corrected chi connectivity index (χ0v) is 16.6. The number of nitrogens with one attached hydrogen (secondary N) is 1. The third kappa shape index (κ3) is 3.74. The summed E-state index contributed by atoms with van der Waals surface area (Å²) < 4.78 is 2.09. The molecule has 0 saturated carbocycles. The average Bonchev–Trinajstić information content (AvgIpc) is 2.93. The van der Waals surface area contributed by atoms with Gasteiger partial charge in [-0.3, -0.25) is 0 Å². The number of anilines is 1. The Morgan fingerprint density at radius 1 is 0.852 bits per heavy atom. The van der Waals surface area contributed by atoms with Gasteiger partial charge in [-0.2, -0.15) is 0 Å². The van der Waals surface area contributed by atoms with Crippen LogP contribution in [-0.4, -0.2) is 22.3 Å². The molecule has 0 spiro atoms. The molecule has 0 aliphatic rings.